The van der Waals surface area contributed by atoms with Crippen molar-refractivity contribution in [3.63, 3.8) is 0 Å². The molecule has 1 aromatic carbocycles. The Balaban J connectivity index is 0.901. The number of rotatable bonds is 23. The van der Waals surface area contributed by atoms with Gasteiger partial charge in [-0.05, 0) is 173 Å². The van der Waals surface area contributed by atoms with E-state index in [4.69, 9.17) is 23.7 Å². The fourth-order valence-corrected chi connectivity index (χ4v) is 19.4. The van der Waals surface area contributed by atoms with Crippen molar-refractivity contribution >= 4 is 47.3 Å². The minimum absolute atomic E-state index is 0.00730. The number of esters is 1. The summed E-state index contributed by atoms with van der Waals surface area (Å²) in [6, 6.07) is 3.82. The molecule has 3 saturated heterocycles. The normalized spacial score (nSPS) is 40.5. The number of imide groups is 1. The Labute approximate surface area is 646 Å². The van der Waals surface area contributed by atoms with E-state index in [0.29, 0.717) is 12.0 Å². The molecule has 30 heteroatoms. The molecule has 3 heterocycles. The first kappa shape index (κ1) is 89.5. The topological polar surface area (TPSA) is 403 Å². The van der Waals surface area contributed by atoms with E-state index in [9.17, 15) is 74.1 Å². The number of alkyl halides is 2. The maximum atomic E-state index is 17.8. The van der Waals surface area contributed by atoms with Crippen LogP contribution in [0.15, 0.2) is 54.1 Å². The Morgan fingerprint density at radius 2 is 1.44 bits per heavy atom. The third kappa shape index (κ3) is 19.8. The fraction of sp³-hybridized carbons (Fsp3) is 0.775. The molecule has 28 nitrogen and oxygen atoms in total. The van der Waals surface area contributed by atoms with E-state index in [2.05, 4.69) is 31.9 Å². The number of benzene rings is 1. The summed E-state index contributed by atoms with van der Waals surface area (Å²) in [5, 5.41) is 99.0. The maximum absolute atomic E-state index is 17.8. The van der Waals surface area contributed by atoms with E-state index in [1.807, 2.05) is 51.6 Å². The van der Waals surface area contributed by atoms with E-state index in [-0.39, 0.29) is 88.9 Å². The highest BCUT2D eigenvalue weighted by atomic mass is 19.1. The number of allylic oxidation sites excluding steroid dienone is 4. The molecule has 3 aliphatic heterocycles. The second kappa shape index (κ2) is 36.2. The molecule has 7 aliphatic rings. The Morgan fingerprint density at radius 1 is 0.773 bits per heavy atom. The molecule has 8 rings (SSSR count). The van der Waals surface area contributed by atoms with Crippen LogP contribution in [0.2, 0.25) is 0 Å². The number of carbonyl (C=O) groups is 8. The lowest BCUT2D eigenvalue weighted by Crippen LogP contribution is -2.68. The molecule has 0 radical (unpaired) electrons. The molecule has 13 N–H and O–H groups in total. The Bertz CT molecular complexity index is 3460. The Kier molecular flexibility index (Phi) is 29.5. The second-order valence-corrected chi connectivity index (χ2v) is 34.8. The Morgan fingerprint density at radius 3 is 2.07 bits per heavy atom. The van der Waals surface area contributed by atoms with Gasteiger partial charge in [0.2, 0.25) is 29.5 Å². The molecule has 110 heavy (non-hydrogen) atoms. The van der Waals surface area contributed by atoms with Crippen LogP contribution in [-0.2, 0) is 63.7 Å². The van der Waals surface area contributed by atoms with Crippen molar-refractivity contribution in [2.45, 2.75) is 288 Å². The van der Waals surface area contributed by atoms with Crippen molar-refractivity contribution < 1.29 is 107 Å². The lowest BCUT2D eigenvalue weighted by Gasteiger charge is -2.62. The number of amides is 7. The number of ketones is 1. The standard InChI is InChI=1S/C80H126F2N8O20/c1-18-59-79(15,105)66(96)47(9)90(40-42(4)35-78(14,104)68(110-73-64(95)57(89(16)17)31-44(6)106-73)45(7)65(46(8)72(101)108-59)109-62-37-77(13,103)67(97)48(10)107-62)28-22-27-83-60(93)38-84-69(98)55(29-41(2)3)87-70(99)56(32-49-23-20-19-21-24-49)86-61(94)39-85-74(102)88-71(100)63-43(5)30-51-52-34-54(81)53-33-50(91)25-26-76(53,12)80(52,82)58(92)36-75(51,63)11/h19-21,23-26,33,41-48,51-52,54-59,62-68,73,92,95-97,103-105H,18,22,27-32,34-40H2,1-17H3,(H,83,93)(H,84,98)(H,86,94)(H,87,99)(H2,85,88,100,102)/t42?,43-,44?,45?,46?,47?,48?,51?,52?,54+,55?,56?,57?,58+,59?,62?,63?,64?,65?,66?,67?,68?,73?,75+,76+,77?,78?,79?,80+/m1/s1. The molecule has 0 spiro atoms. The number of ether oxygens (including phenoxy) is 5. The number of nitrogens with one attached hydrogen (secondary N) is 6. The first-order valence-electron chi connectivity index (χ1n) is 39.4. The molecule has 3 saturated carbocycles. The van der Waals surface area contributed by atoms with Gasteiger partial charge in [-0.15, -0.1) is 0 Å². The number of halogens is 2. The molecule has 620 valence electrons. The number of cyclic esters (lactones) is 1. The molecule has 7 amide bonds. The van der Waals surface area contributed by atoms with Gasteiger partial charge in [-0.3, -0.25) is 43.8 Å². The molecular weight excluding hydrogens is 1430 g/mol. The van der Waals surface area contributed by atoms with Crippen LogP contribution in [0.1, 0.15) is 167 Å². The van der Waals surface area contributed by atoms with Gasteiger partial charge in [0.1, 0.15) is 48.3 Å². The van der Waals surface area contributed by atoms with Gasteiger partial charge in [-0.2, -0.15) is 0 Å². The zero-order valence-electron chi connectivity index (χ0n) is 67.2. The smallest absolute Gasteiger partial charge is 0.321 e. The van der Waals surface area contributed by atoms with Gasteiger partial charge >= 0.3 is 12.0 Å². The van der Waals surface area contributed by atoms with Crippen molar-refractivity contribution in [3.8, 4) is 0 Å². The summed E-state index contributed by atoms with van der Waals surface area (Å²) < 4.78 is 65.9. The zero-order valence-corrected chi connectivity index (χ0v) is 67.2. The summed E-state index contributed by atoms with van der Waals surface area (Å²) in [7, 11) is 3.65. The Hall–Kier alpha value is -6.00. The molecule has 29 atom stereocenters. The highest BCUT2D eigenvalue weighted by molar-refractivity contribution is 6.01. The summed E-state index contributed by atoms with van der Waals surface area (Å²) in [4.78, 5) is 114. The molecule has 0 aromatic heterocycles. The van der Waals surface area contributed by atoms with Crippen molar-refractivity contribution in [1.82, 2.24) is 41.7 Å². The van der Waals surface area contributed by atoms with Gasteiger partial charge in [-0.25, -0.2) is 13.6 Å². The van der Waals surface area contributed by atoms with Crippen molar-refractivity contribution in [1.29, 1.82) is 0 Å². The van der Waals surface area contributed by atoms with Crippen LogP contribution in [0.3, 0.4) is 0 Å². The van der Waals surface area contributed by atoms with Gasteiger partial charge in [0.05, 0.1) is 60.7 Å². The van der Waals surface area contributed by atoms with Crippen LogP contribution >= 0.6 is 0 Å². The third-order valence-corrected chi connectivity index (χ3v) is 25.1. The van der Waals surface area contributed by atoms with E-state index in [0.717, 1.165) is 6.08 Å². The van der Waals surface area contributed by atoms with Crippen molar-refractivity contribution in [3.05, 3.63) is 59.7 Å². The number of carbonyl (C=O) groups excluding carboxylic acids is 8. The highest BCUT2D eigenvalue weighted by Gasteiger charge is 2.73. The van der Waals surface area contributed by atoms with Gasteiger partial charge in [0.15, 0.2) is 24.0 Å². The zero-order chi connectivity index (χ0) is 81.8. The predicted octanol–water partition coefficient (Wildman–Crippen LogP) is 3.50. The first-order valence-corrected chi connectivity index (χ1v) is 39.4. The summed E-state index contributed by atoms with van der Waals surface area (Å²) in [6.45, 7) is 24.2. The van der Waals surface area contributed by atoms with Crippen LogP contribution in [0.5, 0.6) is 0 Å². The fourth-order valence-electron chi connectivity index (χ4n) is 19.4. The molecule has 6 fully saturated rings. The van der Waals surface area contributed by atoms with Crippen LogP contribution in [0.4, 0.5) is 13.6 Å². The number of fused-ring (bicyclic) bond motifs is 5. The number of urea groups is 1. The number of nitrogens with zero attached hydrogens (tertiary/aromatic N) is 2. The number of hydrogen-bond donors (Lipinski definition) is 13. The monoisotopic (exact) mass is 1560 g/mol. The first-order chi connectivity index (χ1) is 51.2. The maximum Gasteiger partial charge on any atom is 0.321 e. The van der Waals surface area contributed by atoms with Gasteiger partial charge in [0.25, 0.3) is 0 Å². The number of aliphatic hydroxyl groups is 7. The lowest BCUT2D eigenvalue weighted by atomic mass is 9.45. The largest absolute Gasteiger partial charge is 0.459 e. The number of hydrogen-bond acceptors (Lipinski definition) is 22. The van der Waals surface area contributed by atoms with E-state index in [1.54, 1.807) is 85.7 Å². The van der Waals surface area contributed by atoms with Crippen LogP contribution in [0, 0.1) is 58.2 Å². The molecule has 1 aromatic rings. The summed E-state index contributed by atoms with van der Waals surface area (Å²) in [6.07, 6.45) is -10.9. The molecule has 4 aliphatic carbocycles. The predicted molar refractivity (Wildman–Crippen MR) is 401 cm³/mol. The summed E-state index contributed by atoms with van der Waals surface area (Å²) >= 11 is 0. The molecule has 23 unspecified atom stereocenters. The minimum atomic E-state index is -2.36. The number of aliphatic hydroxyl groups excluding tert-OH is 4. The van der Waals surface area contributed by atoms with Crippen molar-refractivity contribution in [2.24, 2.45) is 58.2 Å². The molecular formula is C80H126F2N8O20. The SMILES string of the molecule is CCC1OC(=O)C(C)C(OC2CC(C)(O)C(O)C(C)O2)C(C)C(OC2OC(C)CC(N(C)C)C2O)C(C)(O)CC(C)CN(CCCNC(=O)CNC(=O)C(CC(C)C)NC(=O)C(Cc2ccccc2)NC(=O)CNC(=O)NC(=O)C2[C@H](C)CC3C4C[C@H](F)C5=CC(=O)C=C[C@]5(C)[C@@]4(F)[C@@H](O)C[C@@]32C)C(C)C(O)C1(C)O. The van der Waals surface area contributed by atoms with Gasteiger partial charge in [0, 0.05) is 67.7 Å². The average molecular weight is 1560 g/mol. The van der Waals surface area contributed by atoms with E-state index >= 15 is 8.78 Å². The molecule has 0 bridgehead atoms. The lowest BCUT2D eigenvalue weighted by molar-refractivity contribution is -0.316. The van der Waals surface area contributed by atoms with Crippen molar-refractivity contribution in [2.75, 3.05) is 46.8 Å². The average Bonchev–Trinajstić information content (AvgIpc) is 1.37. The van der Waals surface area contributed by atoms with Gasteiger partial charge in [-0.1, -0.05) is 84.9 Å². The summed E-state index contributed by atoms with van der Waals surface area (Å²) in [5.41, 5.74) is -10.0. The number of likely N-dealkylation sites (N-methyl/N-ethyl adjacent to an activating group) is 1. The van der Waals surface area contributed by atoms with E-state index in [1.165, 1.54) is 32.9 Å². The van der Waals surface area contributed by atoms with E-state index < -0.39 is 233 Å². The highest BCUT2D eigenvalue weighted by Crippen LogP contribution is 2.70. The van der Waals surface area contributed by atoms with Crippen LogP contribution in [0.25, 0.3) is 0 Å². The quantitative estimate of drug-likeness (QED) is 0.0551. The van der Waals surface area contributed by atoms with Crippen LogP contribution in [-0.4, -0.2) is 260 Å². The van der Waals surface area contributed by atoms with Crippen LogP contribution < -0.4 is 31.9 Å². The summed E-state index contributed by atoms with van der Waals surface area (Å²) in [5.74, 6) is -10.7. The second-order valence-electron chi connectivity index (χ2n) is 34.8. The minimum Gasteiger partial charge on any atom is -0.459 e. The third-order valence-electron chi connectivity index (χ3n) is 25.1. The van der Waals surface area contributed by atoms with Gasteiger partial charge < -0.3 is 90.9 Å².